The van der Waals surface area contributed by atoms with Gasteiger partial charge in [0.1, 0.15) is 18.6 Å². The van der Waals surface area contributed by atoms with E-state index in [4.69, 9.17) is 4.74 Å². The van der Waals surface area contributed by atoms with E-state index in [1.165, 1.54) is 0 Å². The predicted molar refractivity (Wildman–Crippen MR) is 104 cm³/mol. The first kappa shape index (κ1) is 20.6. The molecule has 0 fully saturated rings. The van der Waals surface area contributed by atoms with Crippen LogP contribution in [0.3, 0.4) is 0 Å². The van der Waals surface area contributed by atoms with Crippen LogP contribution in [0, 0.1) is 5.92 Å². The van der Waals surface area contributed by atoms with E-state index < -0.39 is 12.1 Å². The van der Waals surface area contributed by atoms with Gasteiger partial charge in [0.15, 0.2) is 0 Å². The summed E-state index contributed by atoms with van der Waals surface area (Å²) in [7, 11) is 0. The summed E-state index contributed by atoms with van der Waals surface area (Å²) in [5.41, 5.74) is 1.01. The topological polar surface area (TPSA) is 67.4 Å². The highest BCUT2D eigenvalue weighted by Crippen LogP contribution is 2.14. The molecule has 6 heteroatoms. The summed E-state index contributed by atoms with van der Waals surface area (Å²) >= 11 is 1.97. The average molecular weight is 444 g/mol. The molecule has 2 atom stereocenters. The van der Waals surface area contributed by atoms with E-state index in [-0.39, 0.29) is 5.91 Å². The Kier molecular flexibility index (Phi) is 9.63. The summed E-state index contributed by atoms with van der Waals surface area (Å²) in [5.74, 6) is 0.934. The fourth-order valence-corrected chi connectivity index (χ4v) is 2.74. The van der Waals surface area contributed by atoms with Gasteiger partial charge in [0.05, 0.1) is 12.1 Å². The number of rotatable bonds is 11. The zero-order valence-electron chi connectivity index (χ0n) is 14.1. The van der Waals surface area contributed by atoms with E-state index in [0.717, 1.165) is 17.6 Å². The van der Waals surface area contributed by atoms with Gasteiger partial charge in [-0.2, -0.15) is 0 Å². The van der Waals surface area contributed by atoms with Crippen molar-refractivity contribution in [1.29, 1.82) is 0 Å². The Labute approximate surface area is 157 Å². The average Bonchev–Trinajstić information content (AvgIpc) is 2.57. The Morgan fingerprint density at radius 2 is 2.00 bits per heavy atom. The number of benzene rings is 1. The molecule has 1 rings (SSSR count). The minimum absolute atomic E-state index is 0.172. The van der Waals surface area contributed by atoms with Crippen LogP contribution in [-0.2, 0) is 16.0 Å². The zero-order chi connectivity index (χ0) is 17.9. The molecule has 132 valence electrons. The van der Waals surface area contributed by atoms with Crippen molar-refractivity contribution in [2.24, 2.45) is 5.92 Å². The summed E-state index contributed by atoms with van der Waals surface area (Å²) in [4.78, 5) is 23.5. The molecule has 0 heterocycles. The molecule has 0 aromatic heterocycles. The second-order valence-electron chi connectivity index (χ2n) is 5.99. The van der Waals surface area contributed by atoms with Crippen LogP contribution in [0.4, 0.5) is 0 Å². The third-order valence-corrected chi connectivity index (χ3v) is 4.15. The van der Waals surface area contributed by atoms with Gasteiger partial charge in [-0.15, -0.1) is 0 Å². The van der Waals surface area contributed by atoms with Gasteiger partial charge in [-0.3, -0.25) is 4.79 Å². The summed E-state index contributed by atoms with van der Waals surface area (Å²) < 4.78 is 8.42. The molecule has 0 aliphatic rings. The molecule has 0 spiro atoms. The monoisotopic (exact) mass is 444 g/mol. The third-order valence-electron chi connectivity index (χ3n) is 3.40. The van der Waals surface area contributed by atoms with Gasteiger partial charge in [-0.05, 0) is 36.5 Å². The molecule has 1 amide bonds. The molecule has 0 aliphatic carbocycles. The summed E-state index contributed by atoms with van der Waals surface area (Å²) in [6, 6.07) is 6.75. The Hall–Kier alpha value is -1.41. The van der Waals surface area contributed by atoms with E-state index in [9.17, 15) is 9.59 Å². The Balaban J connectivity index is 2.63. The number of hydrogen-bond donors (Lipinski definition) is 2. The van der Waals surface area contributed by atoms with E-state index >= 15 is 0 Å². The zero-order valence-corrected chi connectivity index (χ0v) is 16.3. The van der Waals surface area contributed by atoms with Gasteiger partial charge in [0.2, 0.25) is 5.91 Å². The SMILES string of the molecule is C=CCOc1ccc(C[C@H](NI)C(=O)N[C@H](C=O)CC(C)C)cc1. The number of nitrogens with one attached hydrogen (secondary N) is 2. The van der Waals surface area contributed by atoms with Crippen LogP contribution in [0.5, 0.6) is 5.75 Å². The first-order chi connectivity index (χ1) is 11.5. The fraction of sp³-hybridized carbons (Fsp3) is 0.444. The van der Waals surface area contributed by atoms with E-state index in [0.29, 0.717) is 25.4 Å². The molecule has 2 N–H and O–H groups in total. The van der Waals surface area contributed by atoms with E-state index in [1.807, 2.05) is 61.0 Å². The Bertz CT molecular complexity index is 532. The van der Waals surface area contributed by atoms with Crippen LogP contribution >= 0.6 is 22.9 Å². The van der Waals surface area contributed by atoms with Crippen molar-refractivity contribution in [2.45, 2.75) is 38.8 Å². The van der Waals surface area contributed by atoms with Crippen molar-refractivity contribution < 1.29 is 14.3 Å². The van der Waals surface area contributed by atoms with Gasteiger partial charge in [0.25, 0.3) is 0 Å². The molecule has 0 saturated heterocycles. The van der Waals surface area contributed by atoms with E-state index in [2.05, 4.69) is 15.4 Å². The molecule has 0 radical (unpaired) electrons. The normalized spacial score (nSPS) is 13.2. The molecule has 0 bridgehead atoms. The van der Waals surface area contributed by atoms with Gasteiger partial charge in [-0.1, -0.05) is 38.6 Å². The number of aldehydes is 1. The smallest absolute Gasteiger partial charge is 0.238 e. The Morgan fingerprint density at radius 3 is 2.50 bits per heavy atom. The maximum atomic E-state index is 12.4. The van der Waals surface area contributed by atoms with Crippen molar-refractivity contribution in [1.82, 2.24) is 8.85 Å². The van der Waals surface area contributed by atoms with Crippen LogP contribution < -0.4 is 13.6 Å². The molecular formula is C18H25IN2O3. The maximum Gasteiger partial charge on any atom is 0.238 e. The minimum Gasteiger partial charge on any atom is -0.490 e. The van der Waals surface area contributed by atoms with Crippen LogP contribution in [0.1, 0.15) is 25.8 Å². The number of amides is 1. The molecular weight excluding hydrogens is 419 g/mol. The number of halogens is 1. The third kappa shape index (κ3) is 7.44. The van der Waals surface area contributed by atoms with E-state index in [1.54, 1.807) is 6.08 Å². The highest BCUT2D eigenvalue weighted by atomic mass is 127. The quantitative estimate of drug-likeness (QED) is 0.239. The van der Waals surface area contributed by atoms with Crippen molar-refractivity contribution in [3.8, 4) is 5.75 Å². The number of hydrogen-bond acceptors (Lipinski definition) is 4. The molecule has 1 aromatic rings. The van der Waals surface area contributed by atoms with Gasteiger partial charge in [0, 0.05) is 22.9 Å². The van der Waals surface area contributed by atoms with Gasteiger partial charge < -0.3 is 14.8 Å². The summed E-state index contributed by atoms with van der Waals surface area (Å²) in [5, 5.41) is 2.80. The minimum atomic E-state index is -0.445. The molecule has 24 heavy (non-hydrogen) atoms. The van der Waals surface area contributed by atoms with Crippen LogP contribution in [-0.4, -0.2) is 30.9 Å². The lowest BCUT2D eigenvalue weighted by molar-refractivity contribution is -0.125. The molecule has 1 aromatic carbocycles. The highest BCUT2D eigenvalue weighted by molar-refractivity contribution is 14.1. The second kappa shape index (κ2) is 11.2. The molecule has 0 saturated carbocycles. The Morgan fingerprint density at radius 1 is 1.33 bits per heavy atom. The standard InChI is InChI=1S/C18H25IN2O3/c1-4-9-24-16-7-5-14(6-8-16)11-17(21-19)18(23)20-15(12-22)10-13(2)3/h4-8,12-13,15,17,21H,1,9-11H2,2-3H3,(H,20,23)/t15-,17-/m0/s1. The van der Waals surface area contributed by atoms with Gasteiger partial charge >= 0.3 is 0 Å². The lowest BCUT2D eigenvalue weighted by atomic mass is 10.0. The number of ether oxygens (including phenoxy) is 1. The fourth-order valence-electron chi connectivity index (χ4n) is 2.23. The lowest BCUT2D eigenvalue weighted by Gasteiger charge is -2.20. The molecule has 5 nitrogen and oxygen atoms in total. The number of carbonyl (C=O) groups is 2. The molecule has 0 unspecified atom stereocenters. The maximum absolute atomic E-state index is 12.4. The lowest BCUT2D eigenvalue weighted by Crippen LogP contribution is -2.47. The predicted octanol–water partition coefficient (Wildman–Crippen LogP) is 2.83. The second-order valence-corrected chi connectivity index (χ2v) is 6.61. The van der Waals surface area contributed by atoms with Crippen molar-refractivity contribution >= 4 is 35.1 Å². The van der Waals surface area contributed by atoms with Crippen molar-refractivity contribution in [3.63, 3.8) is 0 Å². The first-order valence-corrected chi connectivity index (χ1v) is 9.02. The summed E-state index contributed by atoms with van der Waals surface area (Å²) in [6.07, 6.45) is 3.66. The van der Waals surface area contributed by atoms with Gasteiger partial charge in [-0.25, -0.2) is 3.53 Å². The highest BCUT2D eigenvalue weighted by Gasteiger charge is 2.21. The van der Waals surface area contributed by atoms with Crippen molar-refractivity contribution in [3.05, 3.63) is 42.5 Å². The van der Waals surface area contributed by atoms with Crippen LogP contribution in [0.2, 0.25) is 0 Å². The summed E-state index contributed by atoms with van der Waals surface area (Å²) in [6.45, 7) is 8.11. The van der Waals surface area contributed by atoms with Crippen LogP contribution in [0.15, 0.2) is 36.9 Å². The van der Waals surface area contributed by atoms with Crippen LogP contribution in [0.25, 0.3) is 0 Å². The largest absolute Gasteiger partial charge is 0.490 e. The van der Waals surface area contributed by atoms with Crippen molar-refractivity contribution in [2.75, 3.05) is 6.61 Å². The number of carbonyl (C=O) groups excluding carboxylic acids is 2. The first-order valence-electron chi connectivity index (χ1n) is 7.94. The molecule has 0 aliphatic heterocycles.